The molecule has 0 saturated carbocycles. The minimum Gasteiger partial charge on any atom is -0.497 e. The van der Waals surface area contributed by atoms with Gasteiger partial charge in [-0.2, -0.15) is 0 Å². The van der Waals surface area contributed by atoms with Crippen LogP contribution in [0.3, 0.4) is 0 Å². The molecule has 0 spiro atoms. The molecule has 0 radical (unpaired) electrons. The van der Waals surface area contributed by atoms with Gasteiger partial charge in [0.1, 0.15) is 11.4 Å². The van der Waals surface area contributed by atoms with Gasteiger partial charge in [-0.05, 0) is 44.1 Å². The third kappa shape index (κ3) is 4.42. The molecule has 0 unspecified atom stereocenters. The highest BCUT2D eigenvalue weighted by atomic mass is 16.5. The number of H-pyrrole nitrogens is 1. The van der Waals surface area contributed by atoms with Gasteiger partial charge in [0.05, 0.1) is 12.8 Å². The highest BCUT2D eigenvalue weighted by molar-refractivity contribution is 6.12. The minimum absolute atomic E-state index is 0.133. The van der Waals surface area contributed by atoms with Crippen LogP contribution in [0.2, 0.25) is 0 Å². The van der Waals surface area contributed by atoms with Gasteiger partial charge < -0.3 is 24.8 Å². The minimum atomic E-state index is -0.219. The molecule has 2 N–H and O–H groups in total. The van der Waals surface area contributed by atoms with Crippen LogP contribution in [0.15, 0.2) is 18.2 Å². The predicted octanol–water partition coefficient (Wildman–Crippen LogP) is 2.69. The lowest BCUT2D eigenvalue weighted by Gasteiger charge is -2.28. The van der Waals surface area contributed by atoms with E-state index >= 15 is 0 Å². The van der Waals surface area contributed by atoms with Crippen LogP contribution in [0.25, 0.3) is 10.9 Å². The Morgan fingerprint density at radius 1 is 1.26 bits per heavy atom. The van der Waals surface area contributed by atoms with Gasteiger partial charge in [0.25, 0.3) is 5.91 Å². The van der Waals surface area contributed by atoms with E-state index in [0.29, 0.717) is 23.7 Å². The van der Waals surface area contributed by atoms with E-state index in [9.17, 15) is 9.59 Å². The number of methoxy groups -OCH3 is 1. The summed E-state index contributed by atoms with van der Waals surface area (Å²) < 4.78 is 5.28. The zero-order valence-corrected chi connectivity index (χ0v) is 16.3. The fraction of sp³-hybridized carbons (Fsp3) is 0.500. The molecule has 0 aliphatic carbocycles. The zero-order valence-electron chi connectivity index (χ0n) is 16.3. The highest BCUT2D eigenvalue weighted by Gasteiger charge is 2.22. The maximum absolute atomic E-state index is 13.0. The van der Waals surface area contributed by atoms with E-state index in [2.05, 4.69) is 15.2 Å². The summed E-state index contributed by atoms with van der Waals surface area (Å²) in [4.78, 5) is 32.0. The molecule has 1 fully saturated rings. The Kier molecular flexibility index (Phi) is 6.01. The molecule has 27 heavy (non-hydrogen) atoms. The van der Waals surface area contributed by atoms with Crippen molar-refractivity contribution in [1.82, 2.24) is 14.8 Å². The Hall–Kier alpha value is -2.54. The molecule has 2 heterocycles. The van der Waals surface area contributed by atoms with Crippen LogP contribution in [0.5, 0.6) is 5.75 Å². The van der Waals surface area contributed by atoms with Crippen LogP contribution in [0.4, 0.5) is 5.69 Å². The molecule has 1 aliphatic heterocycles. The van der Waals surface area contributed by atoms with E-state index in [1.807, 2.05) is 18.2 Å². The first kappa shape index (κ1) is 19.2. The first-order valence-electron chi connectivity index (χ1n) is 9.44. The normalized spacial score (nSPS) is 14.9. The molecular formula is C20H28N4O3. The topological polar surface area (TPSA) is 77.7 Å². The summed E-state index contributed by atoms with van der Waals surface area (Å²) in [5.74, 6) is 0.320. The van der Waals surface area contributed by atoms with Crippen molar-refractivity contribution in [3.05, 3.63) is 23.9 Å². The van der Waals surface area contributed by atoms with E-state index in [-0.39, 0.29) is 11.8 Å². The number of fused-ring (bicyclic) bond motifs is 1. The van der Waals surface area contributed by atoms with Crippen molar-refractivity contribution in [2.45, 2.75) is 26.2 Å². The SMILES string of the molecule is COc1ccc2[nH]c(C(=O)N(C)CCN3CCCCC3)c(NC(C)=O)c2c1. The number of piperidine rings is 1. The van der Waals surface area contributed by atoms with Crippen LogP contribution in [0.1, 0.15) is 36.7 Å². The van der Waals surface area contributed by atoms with Crippen molar-refractivity contribution in [3.63, 3.8) is 0 Å². The molecule has 1 aromatic carbocycles. The number of amides is 2. The van der Waals surface area contributed by atoms with Gasteiger partial charge >= 0.3 is 0 Å². The molecule has 7 nitrogen and oxygen atoms in total. The van der Waals surface area contributed by atoms with Gasteiger partial charge in [0.2, 0.25) is 5.91 Å². The number of likely N-dealkylation sites (tertiary alicyclic amines) is 1. The largest absolute Gasteiger partial charge is 0.497 e. The molecule has 1 saturated heterocycles. The summed E-state index contributed by atoms with van der Waals surface area (Å²) in [7, 11) is 3.39. The van der Waals surface area contributed by atoms with Gasteiger partial charge in [0.15, 0.2) is 0 Å². The summed E-state index contributed by atoms with van der Waals surface area (Å²) in [6.07, 6.45) is 3.76. The van der Waals surface area contributed by atoms with Crippen LogP contribution in [-0.2, 0) is 4.79 Å². The molecule has 0 bridgehead atoms. The predicted molar refractivity (Wildman–Crippen MR) is 106 cm³/mol. The number of nitrogens with one attached hydrogen (secondary N) is 2. The van der Waals surface area contributed by atoms with Crippen molar-refractivity contribution < 1.29 is 14.3 Å². The van der Waals surface area contributed by atoms with Crippen molar-refractivity contribution in [2.24, 2.45) is 0 Å². The molecule has 0 atom stereocenters. The molecule has 1 aromatic heterocycles. The summed E-state index contributed by atoms with van der Waals surface area (Å²) in [6, 6.07) is 5.50. The zero-order chi connectivity index (χ0) is 19.4. The summed E-state index contributed by atoms with van der Waals surface area (Å²) in [5.41, 5.74) is 1.69. The smallest absolute Gasteiger partial charge is 0.272 e. The van der Waals surface area contributed by atoms with E-state index in [4.69, 9.17) is 4.74 Å². The molecule has 2 amide bonds. The van der Waals surface area contributed by atoms with E-state index < -0.39 is 0 Å². The lowest BCUT2D eigenvalue weighted by atomic mass is 10.1. The van der Waals surface area contributed by atoms with Crippen molar-refractivity contribution in [2.75, 3.05) is 45.7 Å². The molecule has 7 heteroatoms. The van der Waals surface area contributed by atoms with Gasteiger partial charge in [-0.25, -0.2) is 0 Å². The van der Waals surface area contributed by atoms with E-state index in [0.717, 1.165) is 30.5 Å². The average Bonchev–Trinajstić information content (AvgIpc) is 3.03. The average molecular weight is 372 g/mol. The van der Waals surface area contributed by atoms with E-state index in [1.165, 1.54) is 26.2 Å². The second-order valence-electron chi connectivity index (χ2n) is 7.10. The van der Waals surface area contributed by atoms with Gasteiger partial charge in [-0.3, -0.25) is 9.59 Å². The lowest BCUT2D eigenvalue weighted by Crippen LogP contribution is -2.39. The number of ether oxygens (including phenoxy) is 1. The third-order valence-corrected chi connectivity index (χ3v) is 5.07. The molecule has 3 rings (SSSR count). The second-order valence-corrected chi connectivity index (χ2v) is 7.10. The number of hydrogen-bond donors (Lipinski definition) is 2. The van der Waals surface area contributed by atoms with Crippen molar-refractivity contribution >= 4 is 28.4 Å². The number of nitrogens with zero attached hydrogens (tertiary/aromatic N) is 2. The Morgan fingerprint density at radius 2 is 2.00 bits per heavy atom. The molecule has 146 valence electrons. The van der Waals surface area contributed by atoms with E-state index in [1.54, 1.807) is 19.1 Å². The summed E-state index contributed by atoms with van der Waals surface area (Å²) >= 11 is 0. The Labute approximate surface area is 159 Å². The molecule has 2 aromatic rings. The summed E-state index contributed by atoms with van der Waals surface area (Å²) in [5, 5.41) is 3.57. The Balaban J connectivity index is 1.82. The number of aromatic nitrogens is 1. The number of hydrogen-bond acceptors (Lipinski definition) is 4. The molecule has 1 aliphatic rings. The standard InChI is InChI=1S/C20H28N4O3/c1-14(25)21-18-16-13-15(27-3)7-8-17(16)22-19(18)20(26)23(2)11-12-24-9-5-4-6-10-24/h7-8,13,22H,4-6,9-12H2,1-3H3,(H,21,25). The van der Waals surface area contributed by atoms with Gasteiger partial charge in [0, 0.05) is 38.0 Å². The maximum Gasteiger partial charge on any atom is 0.272 e. The van der Waals surface area contributed by atoms with Crippen LogP contribution in [-0.4, -0.2) is 66.9 Å². The number of carbonyl (C=O) groups is 2. The highest BCUT2D eigenvalue weighted by Crippen LogP contribution is 2.31. The Morgan fingerprint density at radius 3 is 2.67 bits per heavy atom. The monoisotopic (exact) mass is 372 g/mol. The fourth-order valence-electron chi connectivity index (χ4n) is 3.53. The Bertz CT molecular complexity index is 824. The number of aromatic amines is 1. The van der Waals surface area contributed by atoms with Crippen LogP contribution in [0, 0.1) is 0 Å². The van der Waals surface area contributed by atoms with Gasteiger partial charge in [-0.15, -0.1) is 0 Å². The quantitative estimate of drug-likeness (QED) is 0.817. The number of anilines is 1. The van der Waals surface area contributed by atoms with Crippen molar-refractivity contribution in [1.29, 1.82) is 0 Å². The van der Waals surface area contributed by atoms with Crippen molar-refractivity contribution in [3.8, 4) is 5.75 Å². The third-order valence-electron chi connectivity index (χ3n) is 5.07. The lowest BCUT2D eigenvalue weighted by molar-refractivity contribution is -0.114. The second kappa shape index (κ2) is 8.43. The number of rotatable bonds is 6. The summed E-state index contributed by atoms with van der Waals surface area (Å²) in [6.45, 7) is 5.16. The first-order valence-corrected chi connectivity index (χ1v) is 9.44. The van der Waals surface area contributed by atoms with Crippen LogP contribution >= 0.6 is 0 Å². The number of benzene rings is 1. The van der Waals surface area contributed by atoms with Crippen LogP contribution < -0.4 is 10.1 Å². The number of likely N-dealkylation sites (N-methyl/N-ethyl adjacent to an activating group) is 1. The first-order chi connectivity index (χ1) is 13.0. The van der Waals surface area contributed by atoms with Gasteiger partial charge in [-0.1, -0.05) is 6.42 Å². The molecular weight excluding hydrogens is 344 g/mol. The number of carbonyl (C=O) groups excluding carboxylic acids is 2. The maximum atomic E-state index is 13.0. The fourth-order valence-corrected chi connectivity index (χ4v) is 3.53.